The summed E-state index contributed by atoms with van der Waals surface area (Å²) in [6.07, 6.45) is 5.17. The van der Waals surface area contributed by atoms with Crippen molar-refractivity contribution in [2.75, 3.05) is 18.4 Å². The molecule has 0 radical (unpaired) electrons. The molecule has 1 amide bonds. The van der Waals surface area contributed by atoms with Crippen LogP contribution >= 0.6 is 15.9 Å². The van der Waals surface area contributed by atoms with Crippen LogP contribution in [0.2, 0.25) is 0 Å². The molecule has 20 heavy (non-hydrogen) atoms. The Balaban J connectivity index is 2.43. The van der Waals surface area contributed by atoms with E-state index < -0.39 is 13.0 Å². The lowest BCUT2D eigenvalue weighted by Crippen LogP contribution is -2.41. The highest BCUT2D eigenvalue weighted by atomic mass is 79.9. The van der Waals surface area contributed by atoms with Crippen molar-refractivity contribution in [2.45, 2.75) is 58.3 Å². The summed E-state index contributed by atoms with van der Waals surface area (Å²) >= 11 is 3.23. The number of amides is 1. The van der Waals surface area contributed by atoms with E-state index in [1.54, 1.807) is 0 Å². The van der Waals surface area contributed by atoms with E-state index in [0.29, 0.717) is 11.9 Å². The van der Waals surface area contributed by atoms with E-state index >= 15 is 0 Å². The molecule has 0 aliphatic heterocycles. The molecule has 0 heterocycles. The van der Waals surface area contributed by atoms with Crippen molar-refractivity contribution in [2.24, 2.45) is 11.8 Å². The average molecular weight is 354 g/mol. The van der Waals surface area contributed by atoms with Gasteiger partial charge in [0.15, 0.2) is 0 Å². The van der Waals surface area contributed by atoms with E-state index in [-0.39, 0.29) is 11.8 Å². The minimum absolute atomic E-state index is 0.0364. The highest BCUT2D eigenvalue weighted by molar-refractivity contribution is 9.09. The van der Waals surface area contributed by atoms with Crippen molar-refractivity contribution in [3.05, 3.63) is 0 Å². The molecule has 118 valence electrons. The third-order valence-corrected chi connectivity index (χ3v) is 4.54. The zero-order valence-electron chi connectivity index (χ0n) is 12.3. The molecule has 0 atom stereocenters. The van der Waals surface area contributed by atoms with Crippen LogP contribution in [-0.2, 0) is 4.79 Å². The molecule has 0 aromatic rings. The third kappa shape index (κ3) is 6.06. The number of nitrogens with zero attached hydrogens (tertiary/aromatic N) is 1. The molecule has 0 aromatic heterocycles. The van der Waals surface area contributed by atoms with Gasteiger partial charge in [-0.05, 0) is 31.6 Å². The maximum Gasteiger partial charge on any atom is 0.255 e. The fourth-order valence-corrected chi connectivity index (χ4v) is 3.44. The Bertz CT molecular complexity index is 281. The number of carbonyl (C=O) groups is 1. The highest BCUT2D eigenvalue weighted by Crippen LogP contribution is 2.33. The summed E-state index contributed by atoms with van der Waals surface area (Å²) in [6.45, 7) is 2.14. The third-order valence-electron chi connectivity index (χ3n) is 4.19. The Morgan fingerprint density at radius 3 is 2.45 bits per heavy atom. The molecule has 0 spiro atoms. The summed E-state index contributed by atoms with van der Waals surface area (Å²) in [5.41, 5.74) is 0. The van der Waals surface area contributed by atoms with Crippen LogP contribution in [0, 0.1) is 11.8 Å². The molecular formula is C15H26BrF2NO. The molecule has 0 saturated heterocycles. The van der Waals surface area contributed by atoms with Crippen molar-refractivity contribution >= 4 is 21.8 Å². The molecule has 0 unspecified atom stereocenters. The minimum atomic E-state index is -2.45. The number of rotatable bonds is 8. The largest absolute Gasteiger partial charge is 0.336 e. The predicted octanol–water partition coefficient (Wildman–Crippen LogP) is 4.47. The fraction of sp³-hybridized carbons (Fsp3) is 0.933. The molecular weight excluding hydrogens is 328 g/mol. The van der Waals surface area contributed by atoms with Crippen LogP contribution in [0.25, 0.3) is 0 Å². The van der Waals surface area contributed by atoms with E-state index in [1.807, 2.05) is 0 Å². The van der Waals surface area contributed by atoms with Gasteiger partial charge >= 0.3 is 0 Å². The fourth-order valence-electron chi connectivity index (χ4n) is 3.01. The second-order valence-electron chi connectivity index (χ2n) is 5.72. The molecule has 0 N–H and O–H groups in total. The van der Waals surface area contributed by atoms with E-state index in [1.165, 1.54) is 24.2 Å². The Morgan fingerprint density at radius 1 is 1.30 bits per heavy atom. The van der Waals surface area contributed by atoms with Gasteiger partial charge < -0.3 is 4.90 Å². The molecule has 1 aliphatic rings. The quantitative estimate of drug-likeness (QED) is 0.589. The zero-order chi connectivity index (χ0) is 15.0. The van der Waals surface area contributed by atoms with Crippen LogP contribution in [0.4, 0.5) is 8.78 Å². The Kier molecular flexibility index (Phi) is 8.66. The summed E-state index contributed by atoms with van der Waals surface area (Å²) in [5, 5.41) is 0.553. The second-order valence-corrected chi connectivity index (χ2v) is 6.52. The van der Waals surface area contributed by atoms with Gasteiger partial charge in [-0.25, -0.2) is 8.78 Å². The van der Waals surface area contributed by atoms with Crippen molar-refractivity contribution in [1.82, 2.24) is 4.90 Å². The molecule has 2 nitrogen and oxygen atoms in total. The highest BCUT2D eigenvalue weighted by Gasteiger charge is 2.30. The Hall–Kier alpha value is -0.190. The van der Waals surface area contributed by atoms with Crippen LogP contribution in [0.3, 0.4) is 0 Å². The van der Waals surface area contributed by atoms with Crippen molar-refractivity contribution in [3.63, 3.8) is 0 Å². The number of carbonyl (C=O) groups excluding carboxylic acids is 1. The first kappa shape index (κ1) is 17.9. The van der Waals surface area contributed by atoms with Gasteiger partial charge in [0.1, 0.15) is 0 Å². The molecule has 0 aromatic carbocycles. The lowest BCUT2D eigenvalue weighted by Gasteiger charge is -2.32. The lowest BCUT2D eigenvalue weighted by atomic mass is 9.79. The number of unbranched alkanes of at least 4 members (excludes halogenated alkanes) is 1. The van der Waals surface area contributed by atoms with Gasteiger partial charge in [-0.15, -0.1) is 0 Å². The Labute approximate surface area is 129 Å². The first-order valence-electron chi connectivity index (χ1n) is 7.71. The van der Waals surface area contributed by atoms with Gasteiger partial charge in [-0.2, -0.15) is 0 Å². The minimum Gasteiger partial charge on any atom is -0.336 e. The molecule has 1 aliphatic carbocycles. The van der Waals surface area contributed by atoms with E-state index in [9.17, 15) is 13.6 Å². The van der Waals surface area contributed by atoms with Crippen molar-refractivity contribution in [1.29, 1.82) is 0 Å². The van der Waals surface area contributed by atoms with Crippen LogP contribution in [-0.4, -0.2) is 35.7 Å². The molecule has 1 saturated carbocycles. The summed E-state index contributed by atoms with van der Waals surface area (Å²) in [7, 11) is 0. The molecule has 0 bridgehead atoms. The molecule has 1 rings (SSSR count). The predicted molar refractivity (Wildman–Crippen MR) is 81.4 cm³/mol. The first-order chi connectivity index (χ1) is 9.58. The van der Waals surface area contributed by atoms with Crippen molar-refractivity contribution < 1.29 is 13.6 Å². The van der Waals surface area contributed by atoms with Crippen LogP contribution in [0.15, 0.2) is 0 Å². The maximum absolute atomic E-state index is 12.5. The SMILES string of the molecule is CCCCC1CCC(C(=O)N(CCBr)CC(F)F)CC1. The summed E-state index contributed by atoms with van der Waals surface area (Å²) < 4.78 is 25.1. The molecule has 1 fully saturated rings. The molecule has 5 heteroatoms. The number of halogens is 3. The monoisotopic (exact) mass is 353 g/mol. The van der Waals surface area contributed by atoms with E-state index in [0.717, 1.165) is 31.6 Å². The Morgan fingerprint density at radius 2 is 1.95 bits per heavy atom. The van der Waals surface area contributed by atoms with E-state index in [4.69, 9.17) is 0 Å². The lowest BCUT2D eigenvalue weighted by molar-refractivity contribution is -0.138. The van der Waals surface area contributed by atoms with Gasteiger partial charge in [-0.3, -0.25) is 4.79 Å². The number of hydrogen-bond acceptors (Lipinski definition) is 1. The summed E-state index contributed by atoms with van der Waals surface area (Å²) in [4.78, 5) is 13.6. The van der Waals surface area contributed by atoms with Crippen LogP contribution in [0.1, 0.15) is 51.9 Å². The maximum atomic E-state index is 12.5. The van der Waals surface area contributed by atoms with Gasteiger partial charge in [0.05, 0.1) is 6.54 Å². The van der Waals surface area contributed by atoms with Gasteiger partial charge in [-0.1, -0.05) is 42.1 Å². The average Bonchev–Trinajstić information content (AvgIpc) is 2.44. The van der Waals surface area contributed by atoms with Crippen LogP contribution in [0.5, 0.6) is 0 Å². The standard InChI is InChI=1S/C15H26BrF2NO/c1-2-3-4-12-5-7-13(8-6-12)15(20)19(10-9-16)11-14(17)18/h12-14H,2-11H2,1H3. The smallest absolute Gasteiger partial charge is 0.255 e. The van der Waals surface area contributed by atoms with Gasteiger partial charge in [0.2, 0.25) is 5.91 Å². The number of alkyl halides is 3. The second kappa shape index (κ2) is 9.69. The first-order valence-corrected chi connectivity index (χ1v) is 8.83. The topological polar surface area (TPSA) is 20.3 Å². The zero-order valence-corrected chi connectivity index (χ0v) is 13.9. The number of hydrogen-bond donors (Lipinski definition) is 0. The van der Waals surface area contributed by atoms with Gasteiger partial charge in [0, 0.05) is 17.8 Å². The van der Waals surface area contributed by atoms with Crippen molar-refractivity contribution in [3.8, 4) is 0 Å². The normalized spacial score (nSPS) is 23.1. The summed E-state index contributed by atoms with van der Waals surface area (Å²) in [6, 6.07) is 0. The van der Waals surface area contributed by atoms with E-state index in [2.05, 4.69) is 22.9 Å². The summed E-state index contributed by atoms with van der Waals surface area (Å²) in [5.74, 6) is 0.628. The van der Waals surface area contributed by atoms with Crippen LogP contribution < -0.4 is 0 Å². The van der Waals surface area contributed by atoms with Gasteiger partial charge in [0.25, 0.3) is 6.43 Å².